The van der Waals surface area contributed by atoms with Crippen molar-refractivity contribution >= 4 is 11.4 Å². The molecule has 3 nitrogen and oxygen atoms in total. The smallest absolute Gasteiger partial charge is 0.122 e. The third kappa shape index (κ3) is 2.04. The third-order valence-corrected chi connectivity index (χ3v) is 4.70. The fraction of sp³-hybridized carbons (Fsp3) is 0.333. The molecule has 2 heterocycles. The normalized spacial score (nSPS) is 19.3. The number of nitrogens with zero attached hydrogens (tertiary/aromatic N) is 1. The molecule has 4 rings (SSSR count). The quantitative estimate of drug-likeness (QED) is 0.859. The van der Waals surface area contributed by atoms with E-state index >= 15 is 0 Å². The molecule has 0 amide bonds. The molecule has 21 heavy (non-hydrogen) atoms. The topological polar surface area (TPSA) is 38.5 Å². The number of para-hydroxylation sites is 1. The van der Waals surface area contributed by atoms with Gasteiger partial charge in [0.2, 0.25) is 0 Å². The molecule has 2 aliphatic rings. The van der Waals surface area contributed by atoms with Crippen molar-refractivity contribution < 1.29 is 4.74 Å². The van der Waals surface area contributed by atoms with Gasteiger partial charge in [0.05, 0.1) is 6.61 Å². The molecule has 1 atom stereocenters. The molecule has 2 aromatic carbocycles. The molecule has 0 saturated heterocycles. The third-order valence-electron chi connectivity index (χ3n) is 4.70. The minimum Gasteiger partial charge on any atom is -0.493 e. The van der Waals surface area contributed by atoms with E-state index in [1.54, 1.807) is 0 Å². The zero-order valence-corrected chi connectivity index (χ0v) is 12.3. The standard InChI is InChI=1S/C18H20N2O/c1-12-8-13-6-7-20(17(13)9-16(12)19)10-14-11-21-18-5-3-2-4-15(14)18/h2-5,8-9,14H,6-7,10-11,19H2,1H3. The monoisotopic (exact) mass is 280 g/mol. The van der Waals surface area contributed by atoms with Gasteiger partial charge in [-0.2, -0.15) is 0 Å². The molecule has 2 N–H and O–H groups in total. The Morgan fingerprint density at radius 2 is 2.14 bits per heavy atom. The Hall–Kier alpha value is -2.16. The maximum absolute atomic E-state index is 6.09. The molecular formula is C18H20N2O. The van der Waals surface area contributed by atoms with Crippen LogP contribution in [-0.2, 0) is 6.42 Å². The van der Waals surface area contributed by atoms with E-state index in [2.05, 4.69) is 42.2 Å². The fourth-order valence-corrected chi connectivity index (χ4v) is 3.48. The van der Waals surface area contributed by atoms with Crippen molar-refractivity contribution in [2.45, 2.75) is 19.3 Å². The van der Waals surface area contributed by atoms with E-state index in [4.69, 9.17) is 10.5 Å². The predicted molar refractivity (Wildman–Crippen MR) is 86.2 cm³/mol. The van der Waals surface area contributed by atoms with Crippen LogP contribution in [0.25, 0.3) is 0 Å². The van der Waals surface area contributed by atoms with Crippen LogP contribution in [0.4, 0.5) is 11.4 Å². The average molecular weight is 280 g/mol. The lowest BCUT2D eigenvalue weighted by atomic mass is 10.0. The van der Waals surface area contributed by atoms with Crippen LogP contribution in [0.3, 0.4) is 0 Å². The number of benzene rings is 2. The van der Waals surface area contributed by atoms with Gasteiger partial charge in [-0.1, -0.05) is 24.3 Å². The number of anilines is 2. The summed E-state index contributed by atoms with van der Waals surface area (Å²) < 4.78 is 5.80. The van der Waals surface area contributed by atoms with Crippen molar-refractivity contribution in [2.24, 2.45) is 0 Å². The zero-order valence-electron chi connectivity index (χ0n) is 12.3. The number of nitrogens with two attached hydrogens (primary N) is 1. The van der Waals surface area contributed by atoms with Crippen LogP contribution in [-0.4, -0.2) is 19.7 Å². The van der Waals surface area contributed by atoms with E-state index in [0.717, 1.165) is 37.6 Å². The van der Waals surface area contributed by atoms with Gasteiger partial charge in [-0.15, -0.1) is 0 Å². The van der Waals surface area contributed by atoms with E-state index in [9.17, 15) is 0 Å². The molecule has 0 aliphatic carbocycles. The molecule has 0 radical (unpaired) electrons. The van der Waals surface area contributed by atoms with Crippen LogP contribution in [0.2, 0.25) is 0 Å². The largest absolute Gasteiger partial charge is 0.493 e. The van der Waals surface area contributed by atoms with Gasteiger partial charge in [-0.3, -0.25) is 0 Å². The molecule has 2 aliphatic heterocycles. The van der Waals surface area contributed by atoms with Crippen molar-refractivity contribution in [2.75, 3.05) is 30.3 Å². The number of aryl methyl sites for hydroxylation is 1. The van der Waals surface area contributed by atoms with Crippen molar-refractivity contribution in [1.82, 2.24) is 0 Å². The first-order valence-corrected chi connectivity index (χ1v) is 7.58. The van der Waals surface area contributed by atoms with E-state index < -0.39 is 0 Å². The van der Waals surface area contributed by atoms with Gasteiger partial charge in [0.15, 0.2) is 0 Å². The number of nitrogen functional groups attached to an aromatic ring is 1. The summed E-state index contributed by atoms with van der Waals surface area (Å²) in [5.41, 5.74) is 12.2. The number of hydrogen-bond acceptors (Lipinski definition) is 3. The van der Waals surface area contributed by atoms with Crippen LogP contribution in [0.15, 0.2) is 36.4 Å². The fourth-order valence-electron chi connectivity index (χ4n) is 3.48. The number of fused-ring (bicyclic) bond motifs is 2. The minimum absolute atomic E-state index is 0.453. The Kier molecular flexibility index (Phi) is 2.81. The van der Waals surface area contributed by atoms with Crippen LogP contribution >= 0.6 is 0 Å². The molecule has 0 saturated carbocycles. The van der Waals surface area contributed by atoms with Gasteiger partial charge in [-0.05, 0) is 36.6 Å². The summed E-state index contributed by atoms with van der Waals surface area (Å²) >= 11 is 0. The maximum atomic E-state index is 6.09. The number of hydrogen-bond donors (Lipinski definition) is 1. The molecule has 0 aromatic heterocycles. The average Bonchev–Trinajstić information content (AvgIpc) is 3.06. The Morgan fingerprint density at radius 1 is 1.29 bits per heavy atom. The second-order valence-corrected chi connectivity index (χ2v) is 6.08. The van der Waals surface area contributed by atoms with Gasteiger partial charge in [0, 0.05) is 35.9 Å². The minimum atomic E-state index is 0.453. The highest BCUT2D eigenvalue weighted by atomic mass is 16.5. The molecule has 1 unspecified atom stereocenters. The number of ether oxygens (including phenoxy) is 1. The lowest BCUT2D eigenvalue weighted by molar-refractivity contribution is 0.331. The summed E-state index contributed by atoms with van der Waals surface area (Å²) in [5, 5.41) is 0. The molecule has 0 spiro atoms. The lowest BCUT2D eigenvalue weighted by Gasteiger charge is -2.23. The van der Waals surface area contributed by atoms with E-state index in [0.29, 0.717) is 5.92 Å². The summed E-state index contributed by atoms with van der Waals surface area (Å²) in [4.78, 5) is 2.46. The summed E-state index contributed by atoms with van der Waals surface area (Å²) in [5.74, 6) is 1.50. The zero-order chi connectivity index (χ0) is 14.4. The summed E-state index contributed by atoms with van der Waals surface area (Å²) in [7, 11) is 0. The van der Waals surface area contributed by atoms with Crippen molar-refractivity contribution in [1.29, 1.82) is 0 Å². The molecule has 0 bridgehead atoms. The van der Waals surface area contributed by atoms with E-state index in [1.807, 2.05) is 6.07 Å². The molecular weight excluding hydrogens is 260 g/mol. The van der Waals surface area contributed by atoms with Gasteiger partial charge < -0.3 is 15.4 Å². The van der Waals surface area contributed by atoms with Crippen LogP contribution in [0.1, 0.15) is 22.6 Å². The van der Waals surface area contributed by atoms with Crippen molar-refractivity contribution in [3.05, 3.63) is 53.1 Å². The SMILES string of the molecule is Cc1cc2c(cc1N)N(CC1COc3ccccc31)CC2. The van der Waals surface area contributed by atoms with Gasteiger partial charge in [-0.25, -0.2) is 0 Å². The maximum Gasteiger partial charge on any atom is 0.122 e. The van der Waals surface area contributed by atoms with Gasteiger partial charge in [0.1, 0.15) is 5.75 Å². The Morgan fingerprint density at radius 3 is 3.05 bits per heavy atom. The first-order valence-electron chi connectivity index (χ1n) is 7.58. The highest BCUT2D eigenvalue weighted by Gasteiger charge is 2.28. The van der Waals surface area contributed by atoms with Crippen LogP contribution < -0.4 is 15.4 Å². The van der Waals surface area contributed by atoms with Gasteiger partial charge >= 0.3 is 0 Å². The van der Waals surface area contributed by atoms with E-state index in [-0.39, 0.29) is 0 Å². The summed E-state index contributed by atoms with van der Waals surface area (Å²) in [6, 6.07) is 12.8. The predicted octanol–water partition coefficient (Wildman–Crippen LogP) is 3.12. The highest BCUT2D eigenvalue weighted by Crippen LogP contribution is 2.37. The Labute approximate surface area is 125 Å². The first-order chi connectivity index (χ1) is 10.2. The van der Waals surface area contributed by atoms with E-state index in [1.165, 1.54) is 22.4 Å². The summed E-state index contributed by atoms with van der Waals surface area (Å²) in [6.07, 6.45) is 1.12. The Balaban J connectivity index is 1.60. The summed E-state index contributed by atoms with van der Waals surface area (Å²) in [6.45, 7) is 4.95. The Bertz CT molecular complexity index is 696. The molecule has 2 aromatic rings. The van der Waals surface area contributed by atoms with Crippen LogP contribution in [0, 0.1) is 6.92 Å². The first kappa shape index (κ1) is 12.6. The second-order valence-electron chi connectivity index (χ2n) is 6.08. The second kappa shape index (κ2) is 4.69. The van der Waals surface area contributed by atoms with Crippen molar-refractivity contribution in [3.8, 4) is 5.75 Å². The molecule has 0 fully saturated rings. The molecule has 3 heteroatoms. The van der Waals surface area contributed by atoms with Crippen LogP contribution in [0.5, 0.6) is 5.75 Å². The van der Waals surface area contributed by atoms with Gasteiger partial charge in [0.25, 0.3) is 0 Å². The van der Waals surface area contributed by atoms with Crippen molar-refractivity contribution in [3.63, 3.8) is 0 Å². The number of rotatable bonds is 2. The molecule has 108 valence electrons. The lowest BCUT2D eigenvalue weighted by Crippen LogP contribution is -2.27. The highest BCUT2D eigenvalue weighted by molar-refractivity contribution is 5.67.